The molecule has 2 aliphatic rings. The summed E-state index contributed by atoms with van der Waals surface area (Å²) in [5, 5.41) is 7.63. The lowest BCUT2D eigenvalue weighted by molar-refractivity contribution is 0.269. The topological polar surface area (TPSA) is 51.0 Å². The van der Waals surface area contributed by atoms with E-state index in [1.54, 1.807) is 0 Å². The minimum atomic E-state index is 0.423. The van der Waals surface area contributed by atoms with Gasteiger partial charge < -0.3 is 9.84 Å². The average Bonchev–Trinajstić information content (AvgIpc) is 3.09. The molecule has 4 nitrogen and oxygen atoms in total. The molecule has 2 fully saturated rings. The van der Waals surface area contributed by atoms with Crippen molar-refractivity contribution in [2.45, 2.75) is 69.2 Å². The van der Waals surface area contributed by atoms with Crippen molar-refractivity contribution in [2.75, 3.05) is 7.05 Å². The van der Waals surface area contributed by atoms with Crippen molar-refractivity contribution >= 4 is 0 Å². The number of nitrogens with one attached hydrogen (secondary N) is 1. The van der Waals surface area contributed by atoms with Crippen LogP contribution in [0.25, 0.3) is 0 Å². The fourth-order valence-electron chi connectivity index (χ4n) is 3.52. The summed E-state index contributed by atoms with van der Waals surface area (Å²) in [6.45, 7) is 0. The molecule has 1 aromatic rings. The Labute approximate surface area is 109 Å². The summed E-state index contributed by atoms with van der Waals surface area (Å²) in [4.78, 5) is 4.70. The molecule has 1 N–H and O–H groups in total. The normalized spacial score (nSPS) is 29.8. The third kappa shape index (κ3) is 2.30. The molecule has 3 rings (SSSR count). The summed E-state index contributed by atoms with van der Waals surface area (Å²) in [6, 6.07) is 0.510. The van der Waals surface area contributed by atoms with Crippen LogP contribution in [0.2, 0.25) is 0 Å². The molecule has 0 spiro atoms. The van der Waals surface area contributed by atoms with Crippen molar-refractivity contribution in [3.05, 3.63) is 11.7 Å². The van der Waals surface area contributed by atoms with Gasteiger partial charge in [-0.05, 0) is 32.7 Å². The van der Waals surface area contributed by atoms with E-state index in [9.17, 15) is 0 Å². The summed E-state index contributed by atoms with van der Waals surface area (Å²) >= 11 is 0. The van der Waals surface area contributed by atoms with Gasteiger partial charge in [-0.2, -0.15) is 4.98 Å². The molecule has 100 valence electrons. The van der Waals surface area contributed by atoms with E-state index in [0.29, 0.717) is 17.9 Å². The van der Waals surface area contributed by atoms with Gasteiger partial charge in [-0.3, -0.25) is 0 Å². The van der Waals surface area contributed by atoms with Gasteiger partial charge in [-0.25, -0.2) is 0 Å². The predicted molar refractivity (Wildman–Crippen MR) is 69.6 cm³/mol. The van der Waals surface area contributed by atoms with Crippen molar-refractivity contribution in [1.29, 1.82) is 0 Å². The maximum atomic E-state index is 5.55. The highest BCUT2D eigenvalue weighted by Gasteiger charge is 2.31. The van der Waals surface area contributed by atoms with Crippen LogP contribution in [0.4, 0.5) is 0 Å². The van der Waals surface area contributed by atoms with Gasteiger partial charge in [-0.1, -0.05) is 30.8 Å². The van der Waals surface area contributed by atoms with Crippen LogP contribution in [-0.4, -0.2) is 23.2 Å². The molecule has 2 saturated carbocycles. The second kappa shape index (κ2) is 5.39. The fraction of sp³-hybridized carbons (Fsp3) is 0.857. The van der Waals surface area contributed by atoms with Gasteiger partial charge >= 0.3 is 0 Å². The van der Waals surface area contributed by atoms with Crippen molar-refractivity contribution < 1.29 is 4.52 Å². The first-order valence-corrected chi connectivity index (χ1v) is 7.39. The number of likely N-dealkylation sites (N-methyl/N-ethyl adjacent to an activating group) is 1. The number of nitrogens with zero attached hydrogens (tertiary/aromatic N) is 2. The molecule has 4 heteroatoms. The number of hydrogen-bond acceptors (Lipinski definition) is 4. The third-order valence-electron chi connectivity index (χ3n) is 4.63. The molecule has 18 heavy (non-hydrogen) atoms. The highest BCUT2D eigenvalue weighted by atomic mass is 16.5. The van der Waals surface area contributed by atoms with E-state index in [1.165, 1.54) is 51.4 Å². The minimum absolute atomic E-state index is 0.423. The van der Waals surface area contributed by atoms with Crippen molar-refractivity contribution in [1.82, 2.24) is 15.5 Å². The van der Waals surface area contributed by atoms with E-state index in [4.69, 9.17) is 9.51 Å². The predicted octanol–water partition coefficient (Wildman–Crippen LogP) is 2.97. The maximum absolute atomic E-state index is 5.55. The molecule has 0 aromatic carbocycles. The van der Waals surface area contributed by atoms with Gasteiger partial charge in [0.2, 0.25) is 5.89 Å². The molecular weight excluding hydrogens is 226 g/mol. The molecule has 2 aliphatic carbocycles. The number of aromatic nitrogens is 2. The van der Waals surface area contributed by atoms with E-state index in [1.807, 2.05) is 7.05 Å². The smallest absolute Gasteiger partial charge is 0.231 e. The third-order valence-corrected chi connectivity index (χ3v) is 4.63. The molecule has 1 aromatic heterocycles. The summed E-state index contributed by atoms with van der Waals surface area (Å²) in [7, 11) is 2.04. The van der Waals surface area contributed by atoms with Gasteiger partial charge in [-0.15, -0.1) is 0 Å². The Morgan fingerprint density at radius 2 is 1.78 bits per heavy atom. The quantitative estimate of drug-likeness (QED) is 0.894. The lowest BCUT2D eigenvalue weighted by Crippen LogP contribution is -2.34. The van der Waals surface area contributed by atoms with Crippen LogP contribution in [0.5, 0.6) is 0 Å². The van der Waals surface area contributed by atoms with Crippen LogP contribution >= 0.6 is 0 Å². The van der Waals surface area contributed by atoms with Crippen LogP contribution in [-0.2, 0) is 0 Å². The maximum Gasteiger partial charge on any atom is 0.231 e. The molecule has 2 unspecified atom stereocenters. The van der Waals surface area contributed by atoms with Crippen LogP contribution in [0.15, 0.2) is 4.52 Å². The molecule has 2 atom stereocenters. The first-order valence-electron chi connectivity index (χ1n) is 7.39. The standard InChI is InChI=1S/C14H23N3O/c1-15-12-9-5-4-8-11(12)14-16-13(17-18-14)10-6-2-3-7-10/h10-12,15H,2-9H2,1H3. The molecule has 0 radical (unpaired) electrons. The Kier molecular flexibility index (Phi) is 3.64. The summed E-state index contributed by atoms with van der Waals surface area (Å²) in [5.41, 5.74) is 0. The fourth-order valence-corrected chi connectivity index (χ4v) is 3.52. The molecular formula is C14H23N3O. The van der Waals surface area contributed by atoms with Crippen molar-refractivity contribution in [3.63, 3.8) is 0 Å². The highest BCUT2D eigenvalue weighted by molar-refractivity contribution is 5.04. The van der Waals surface area contributed by atoms with E-state index in [0.717, 1.165) is 11.7 Å². The first-order chi connectivity index (χ1) is 8.88. The number of hydrogen-bond donors (Lipinski definition) is 1. The Bertz CT molecular complexity index is 384. The summed E-state index contributed by atoms with van der Waals surface area (Å²) in [6.07, 6.45) is 10.1. The van der Waals surface area contributed by atoms with Gasteiger partial charge in [0.1, 0.15) is 0 Å². The Balaban J connectivity index is 1.74. The SMILES string of the molecule is CNC1CCCCC1c1nc(C2CCCC2)no1. The Hall–Kier alpha value is -0.900. The van der Waals surface area contributed by atoms with Gasteiger partial charge in [0.05, 0.1) is 5.92 Å². The van der Waals surface area contributed by atoms with Crippen LogP contribution in [0.1, 0.15) is 74.9 Å². The van der Waals surface area contributed by atoms with E-state index < -0.39 is 0 Å². The summed E-state index contributed by atoms with van der Waals surface area (Å²) < 4.78 is 5.55. The zero-order chi connectivity index (χ0) is 12.4. The molecule has 0 saturated heterocycles. The zero-order valence-electron chi connectivity index (χ0n) is 11.2. The van der Waals surface area contributed by atoms with Crippen molar-refractivity contribution in [3.8, 4) is 0 Å². The minimum Gasteiger partial charge on any atom is -0.339 e. The second-order valence-corrected chi connectivity index (χ2v) is 5.76. The lowest BCUT2D eigenvalue weighted by Gasteiger charge is -2.28. The van der Waals surface area contributed by atoms with Crippen LogP contribution in [0, 0.1) is 0 Å². The molecule has 0 amide bonds. The van der Waals surface area contributed by atoms with E-state index in [-0.39, 0.29) is 0 Å². The molecule has 0 bridgehead atoms. The monoisotopic (exact) mass is 249 g/mol. The van der Waals surface area contributed by atoms with Crippen molar-refractivity contribution in [2.24, 2.45) is 0 Å². The highest BCUT2D eigenvalue weighted by Crippen LogP contribution is 2.35. The Morgan fingerprint density at radius 3 is 2.56 bits per heavy atom. The second-order valence-electron chi connectivity index (χ2n) is 5.76. The zero-order valence-corrected chi connectivity index (χ0v) is 11.2. The molecule has 0 aliphatic heterocycles. The van der Waals surface area contributed by atoms with Crippen LogP contribution in [0.3, 0.4) is 0 Å². The largest absolute Gasteiger partial charge is 0.339 e. The van der Waals surface area contributed by atoms with Gasteiger partial charge in [0, 0.05) is 12.0 Å². The van der Waals surface area contributed by atoms with E-state index >= 15 is 0 Å². The summed E-state index contributed by atoms with van der Waals surface area (Å²) in [5.74, 6) is 2.81. The lowest BCUT2D eigenvalue weighted by atomic mass is 9.84. The van der Waals surface area contributed by atoms with Gasteiger partial charge in [0.25, 0.3) is 0 Å². The van der Waals surface area contributed by atoms with E-state index in [2.05, 4.69) is 10.5 Å². The van der Waals surface area contributed by atoms with Gasteiger partial charge in [0.15, 0.2) is 5.82 Å². The van der Waals surface area contributed by atoms with Crippen LogP contribution < -0.4 is 5.32 Å². The average molecular weight is 249 g/mol. The molecule has 1 heterocycles. The number of rotatable bonds is 3. The Morgan fingerprint density at radius 1 is 1.06 bits per heavy atom. The first kappa shape index (κ1) is 12.2.